The van der Waals surface area contributed by atoms with E-state index < -0.39 is 16.0 Å². The van der Waals surface area contributed by atoms with Crippen LogP contribution in [0.1, 0.15) is 25.7 Å². The number of carboxylic acid groups (broad SMARTS) is 1. The molecule has 17 heavy (non-hydrogen) atoms. The molecular weight excluding hydrogens is 244 g/mol. The van der Waals surface area contributed by atoms with Crippen molar-refractivity contribution < 1.29 is 18.3 Å². The second kappa shape index (κ2) is 6.93. The summed E-state index contributed by atoms with van der Waals surface area (Å²) in [6.45, 7) is 3.11. The molecule has 0 spiro atoms. The lowest BCUT2D eigenvalue weighted by Crippen LogP contribution is -2.38. The van der Waals surface area contributed by atoms with E-state index in [1.54, 1.807) is 0 Å². The monoisotopic (exact) mass is 264 g/mol. The maximum atomic E-state index is 11.4. The highest BCUT2D eigenvalue weighted by atomic mass is 32.2. The summed E-state index contributed by atoms with van der Waals surface area (Å²) in [5, 5.41) is 8.41. The Balaban J connectivity index is 2.17. The van der Waals surface area contributed by atoms with Crippen molar-refractivity contribution in [2.24, 2.45) is 0 Å². The van der Waals surface area contributed by atoms with E-state index in [0.717, 1.165) is 13.1 Å². The molecule has 1 fully saturated rings. The van der Waals surface area contributed by atoms with Gasteiger partial charge in [0.25, 0.3) is 0 Å². The summed E-state index contributed by atoms with van der Waals surface area (Å²) < 4.78 is 25.2. The first-order valence-electron chi connectivity index (χ1n) is 5.91. The number of likely N-dealkylation sites (tertiary alicyclic amines) is 1. The Bertz CT molecular complexity index is 336. The van der Waals surface area contributed by atoms with E-state index in [-0.39, 0.29) is 12.2 Å². The highest BCUT2D eigenvalue weighted by Gasteiger charge is 2.14. The van der Waals surface area contributed by atoms with E-state index in [2.05, 4.69) is 9.62 Å². The Morgan fingerprint density at radius 1 is 1.24 bits per heavy atom. The third-order valence-corrected chi connectivity index (χ3v) is 4.17. The molecule has 0 unspecified atom stereocenters. The molecule has 0 aromatic rings. The minimum atomic E-state index is -3.43. The maximum Gasteiger partial charge on any atom is 0.304 e. The van der Waals surface area contributed by atoms with Gasteiger partial charge in [-0.25, -0.2) is 13.1 Å². The topological polar surface area (TPSA) is 86.7 Å². The van der Waals surface area contributed by atoms with Crippen LogP contribution in [-0.4, -0.2) is 56.3 Å². The highest BCUT2D eigenvalue weighted by Crippen LogP contribution is 2.07. The highest BCUT2D eigenvalue weighted by molar-refractivity contribution is 7.89. The lowest BCUT2D eigenvalue weighted by Gasteiger charge is -2.26. The number of sulfonamides is 1. The summed E-state index contributed by atoms with van der Waals surface area (Å²) in [6.07, 6.45) is 3.25. The van der Waals surface area contributed by atoms with Crippen LogP contribution in [-0.2, 0) is 14.8 Å². The summed E-state index contributed by atoms with van der Waals surface area (Å²) in [4.78, 5) is 12.5. The SMILES string of the molecule is O=C(O)CCS(=O)(=O)NCCN1CCCCC1. The van der Waals surface area contributed by atoms with Crippen LogP contribution < -0.4 is 4.72 Å². The molecule has 7 heteroatoms. The molecule has 0 radical (unpaired) electrons. The summed E-state index contributed by atoms with van der Waals surface area (Å²) in [6, 6.07) is 0. The van der Waals surface area contributed by atoms with Crippen LogP contribution in [0.2, 0.25) is 0 Å². The first-order valence-corrected chi connectivity index (χ1v) is 7.56. The zero-order valence-electron chi connectivity index (χ0n) is 9.89. The minimum absolute atomic E-state index is 0.345. The molecule has 1 rings (SSSR count). The predicted octanol–water partition coefficient (Wildman–Crippen LogP) is -0.134. The van der Waals surface area contributed by atoms with Crippen molar-refractivity contribution >= 4 is 16.0 Å². The van der Waals surface area contributed by atoms with Gasteiger partial charge in [0.05, 0.1) is 12.2 Å². The molecule has 100 valence electrons. The molecule has 0 bridgehead atoms. The van der Waals surface area contributed by atoms with Crippen LogP contribution in [0.3, 0.4) is 0 Å². The molecule has 0 atom stereocenters. The fraction of sp³-hybridized carbons (Fsp3) is 0.900. The van der Waals surface area contributed by atoms with Crippen molar-refractivity contribution in [3.05, 3.63) is 0 Å². The van der Waals surface area contributed by atoms with Crippen molar-refractivity contribution in [1.82, 2.24) is 9.62 Å². The second-order valence-corrected chi connectivity index (χ2v) is 6.19. The second-order valence-electron chi connectivity index (χ2n) is 4.26. The van der Waals surface area contributed by atoms with Crippen LogP contribution in [0.4, 0.5) is 0 Å². The molecule has 0 amide bonds. The van der Waals surface area contributed by atoms with E-state index in [9.17, 15) is 13.2 Å². The lowest BCUT2D eigenvalue weighted by molar-refractivity contribution is -0.136. The van der Waals surface area contributed by atoms with Gasteiger partial charge in [-0.05, 0) is 25.9 Å². The quantitative estimate of drug-likeness (QED) is 0.668. The Kier molecular flexibility index (Phi) is 5.87. The van der Waals surface area contributed by atoms with Crippen molar-refractivity contribution in [1.29, 1.82) is 0 Å². The summed E-state index contributed by atoms with van der Waals surface area (Å²) in [5.41, 5.74) is 0. The van der Waals surface area contributed by atoms with Crippen LogP contribution in [0.25, 0.3) is 0 Å². The normalized spacial score (nSPS) is 18.1. The number of piperidine rings is 1. The van der Waals surface area contributed by atoms with Gasteiger partial charge in [-0.1, -0.05) is 6.42 Å². The van der Waals surface area contributed by atoms with Gasteiger partial charge >= 0.3 is 5.97 Å². The van der Waals surface area contributed by atoms with Crippen molar-refractivity contribution in [3.8, 4) is 0 Å². The number of carboxylic acids is 1. The van der Waals surface area contributed by atoms with Crippen molar-refractivity contribution in [2.75, 3.05) is 31.9 Å². The Morgan fingerprint density at radius 2 is 1.88 bits per heavy atom. The smallest absolute Gasteiger partial charge is 0.304 e. The standard InChI is InChI=1S/C10H20N2O4S/c13-10(14)4-9-17(15,16)11-5-8-12-6-2-1-3-7-12/h11H,1-9H2,(H,13,14). The van der Waals surface area contributed by atoms with Gasteiger partial charge in [0.2, 0.25) is 10.0 Å². The molecule has 1 heterocycles. The molecule has 1 saturated heterocycles. The number of hydrogen-bond donors (Lipinski definition) is 2. The fourth-order valence-electron chi connectivity index (χ4n) is 1.84. The number of nitrogens with zero attached hydrogens (tertiary/aromatic N) is 1. The van der Waals surface area contributed by atoms with Gasteiger partial charge in [-0.2, -0.15) is 0 Å². The molecule has 6 nitrogen and oxygen atoms in total. The predicted molar refractivity (Wildman–Crippen MR) is 64.3 cm³/mol. The average Bonchev–Trinajstić information content (AvgIpc) is 2.28. The zero-order valence-corrected chi connectivity index (χ0v) is 10.7. The van der Waals surface area contributed by atoms with E-state index >= 15 is 0 Å². The molecule has 0 saturated carbocycles. The number of carbonyl (C=O) groups is 1. The molecule has 0 aromatic carbocycles. The third kappa shape index (κ3) is 6.60. The number of hydrogen-bond acceptors (Lipinski definition) is 4. The summed E-state index contributed by atoms with van der Waals surface area (Å²) >= 11 is 0. The van der Waals surface area contributed by atoms with Gasteiger partial charge in [0, 0.05) is 13.1 Å². The number of rotatable bonds is 7. The van der Waals surface area contributed by atoms with Gasteiger partial charge in [-0.15, -0.1) is 0 Å². The Hall–Kier alpha value is -0.660. The van der Waals surface area contributed by atoms with Crippen molar-refractivity contribution in [2.45, 2.75) is 25.7 Å². The fourth-order valence-corrected chi connectivity index (χ4v) is 2.83. The number of aliphatic carboxylic acids is 1. The first-order chi connectivity index (χ1) is 7.99. The first kappa shape index (κ1) is 14.4. The van der Waals surface area contributed by atoms with Crippen LogP contribution in [0, 0.1) is 0 Å². The van der Waals surface area contributed by atoms with Gasteiger partial charge in [0.1, 0.15) is 0 Å². The van der Waals surface area contributed by atoms with E-state index in [4.69, 9.17) is 5.11 Å². The molecule has 2 N–H and O–H groups in total. The summed E-state index contributed by atoms with van der Waals surface area (Å²) in [7, 11) is -3.43. The van der Waals surface area contributed by atoms with E-state index in [1.807, 2.05) is 0 Å². The Labute approximate surface area is 102 Å². The summed E-state index contributed by atoms with van der Waals surface area (Å²) in [5.74, 6) is -1.44. The van der Waals surface area contributed by atoms with Crippen molar-refractivity contribution in [3.63, 3.8) is 0 Å². The van der Waals surface area contributed by atoms with Gasteiger partial charge in [-0.3, -0.25) is 4.79 Å². The van der Waals surface area contributed by atoms with Crippen LogP contribution in [0.15, 0.2) is 0 Å². The third-order valence-electron chi connectivity index (χ3n) is 2.78. The van der Waals surface area contributed by atoms with E-state index in [0.29, 0.717) is 13.1 Å². The van der Waals surface area contributed by atoms with Crippen LogP contribution >= 0.6 is 0 Å². The lowest BCUT2D eigenvalue weighted by atomic mass is 10.1. The van der Waals surface area contributed by atoms with E-state index in [1.165, 1.54) is 19.3 Å². The molecule has 1 aliphatic heterocycles. The zero-order chi connectivity index (χ0) is 12.7. The largest absolute Gasteiger partial charge is 0.481 e. The molecule has 0 aromatic heterocycles. The van der Waals surface area contributed by atoms with Crippen LogP contribution in [0.5, 0.6) is 0 Å². The molecule has 1 aliphatic rings. The minimum Gasteiger partial charge on any atom is -0.481 e. The average molecular weight is 264 g/mol. The maximum absolute atomic E-state index is 11.4. The number of nitrogens with one attached hydrogen (secondary N) is 1. The molecule has 0 aliphatic carbocycles. The van der Waals surface area contributed by atoms with Gasteiger partial charge in [0.15, 0.2) is 0 Å². The molecular formula is C10H20N2O4S. The van der Waals surface area contributed by atoms with Gasteiger partial charge < -0.3 is 10.0 Å². The Morgan fingerprint density at radius 3 is 2.47 bits per heavy atom.